The van der Waals surface area contributed by atoms with Gasteiger partial charge in [0, 0.05) is 37.0 Å². The average Bonchev–Trinajstić information content (AvgIpc) is 3.60. The fourth-order valence-corrected chi connectivity index (χ4v) is 4.11. The Kier molecular flexibility index (Phi) is 7.37. The first kappa shape index (κ1) is 23.9. The summed E-state index contributed by atoms with van der Waals surface area (Å²) in [6.45, 7) is 3.39. The van der Waals surface area contributed by atoms with E-state index in [-0.39, 0.29) is 0 Å². The minimum absolute atomic E-state index is 0.558. The van der Waals surface area contributed by atoms with E-state index in [4.69, 9.17) is 10.2 Å². The number of carbonyl (C=O) groups is 2. The summed E-state index contributed by atoms with van der Waals surface area (Å²) in [5.74, 6) is -1.49. The highest BCUT2D eigenvalue weighted by atomic mass is 16.4. The molecule has 1 fully saturated rings. The molecule has 0 atom stereocenters. The highest BCUT2D eigenvalue weighted by Crippen LogP contribution is 2.24. The third-order valence-electron chi connectivity index (χ3n) is 5.89. The zero-order chi connectivity index (χ0) is 24.8. The summed E-state index contributed by atoms with van der Waals surface area (Å²) in [7, 11) is 2.12. The molecule has 35 heavy (non-hydrogen) atoms. The van der Waals surface area contributed by atoms with Crippen LogP contribution in [0.15, 0.2) is 73.2 Å². The van der Waals surface area contributed by atoms with Crippen LogP contribution in [0.4, 0.5) is 0 Å². The molecule has 1 aliphatic rings. The van der Waals surface area contributed by atoms with E-state index < -0.39 is 11.9 Å². The van der Waals surface area contributed by atoms with Gasteiger partial charge < -0.3 is 14.8 Å². The third-order valence-corrected chi connectivity index (χ3v) is 5.89. The van der Waals surface area contributed by atoms with Gasteiger partial charge >= 0.3 is 11.9 Å². The summed E-state index contributed by atoms with van der Waals surface area (Å²) >= 11 is 0. The minimum atomic E-state index is -1.26. The quantitative estimate of drug-likeness (QED) is 0.410. The van der Waals surface area contributed by atoms with E-state index in [1.165, 1.54) is 31.6 Å². The lowest BCUT2D eigenvalue weighted by atomic mass is 10.2. The molecule has 9 nitrogen and oxygen atoms in total. The number of nitrogens with zero attached hydrogens (tertiary/aromatic N) is 5. The van der Waals surface area contributed by atoms with Crippen molar-refractivity contribution in [3.8, 4) is 17.1 Å². The molecule has 0 bridgehead atoms. The fourth-order valence-electron chi connectivity index (χ4n) is 4.11. The number of carboxylic acid groups (broad SMARTS) is 2. The average molecular weight is 474 g/mol. The van der Waals surface area contributed by atoms with Gasteiger partial charge in [-0.1, -0.05) is 12.1 Å². The summed E-state index contributed by atoms with van der Waals surface area (Å²) in [4.78, 5) is 30.8. The minimum Gasteiger partial charge on any atom is -0.478 e. The van der Waals surface area contributed by atoms with E-state index in [1.54, 1.807) is 0 Å². The Balaban J connectivity index is 0.000000314. The van der Waals surface area contributed by atoms with Crippen molar-refractivity contribution in [3.63, 3.8) is 0 Å². The van der Waals surface area contributed by atoms with Crippen LogP contribution in [0.2, 0.25) is 0 Å². The predicted octanol–water partition coefficient (Wildman–Crippen LogP) is 3.73. The summed E-state index contributed by atoms with van der Waals surface area (Å²) in [6.07, 6.45) is 7.65. The molecule has 1 saturated heterocycles. The van der Waals surface area contributed by atoms with Gasteiger partial charge in [0.25, 0.3) is 0 Å². The number of fused-ring (bicyclic) bond motifs is 1. The smallest absolute Gasteiger partial charge is 0.328 e. The summed E-state index contributed by atoms with van der Waals surface area (Å²) < 4.78 is 4.34. The van der Waals surface area contributed by atoms with Crippen molar-refractivity contribution in [1.82, 2.24) is 24.0 Å². The molecule has 9 heteroatoms. The molecule has 0 radical (unpaired) electrons. The maximum absolute atomic E-state index is 9.55. The first-order valence-electron chi connectivity index (χ1n) is 11.3. The molecule has 2 aromatic heterocycles. The number of aliphatic carboxylic acids is 2. The second-order valence-electron chi connectivity index (χ2n) is 8.28. The second kappa shape index (κ2) is 10.8. The Bertz CT molecular complexity index is 1330. The molecule has 1 aliphatic heterocycles. The van der Waals surface area contributed by atoms with Gasteiger partial charge in [-0.3, -0.25) is 9.47 Å². The molecule has 3 heterocycles. The van der Waals surface area contributed by atoms with Crippen molar-refractivity contribution in [1.29, 1.82) is 0 Å². The van der Waals surface area contributed by atoms with Crippen LogP contribution in [0.1, 0.15) is 18.5 Å². The number of carboxylic acids is 2. The maximum Gasteiger partial charge on any atom is 0.328 e. The van der Waals surface area contributed by atoms with Gasteiger partial charge in [0.1, 0.15) is 12.2 Å². The number of imidazole rings is 2. The number of likely N-dealkylation sites (tertiary alicyclic amines) is 1. The zero-order valence-corrected chi connectivity index (χ0v) is 19.4. The van der Waals surface area contributed by atoms with Crippen LogP contribution in [-0.2, 0) is 23.2 Å². The lowest BCUT2D eigenvalue weighted by Gasteiger charge is -2.15. The number of benzene rings is 2. The molecule has 5 rings (SSSR count). The van der Waals surface area contributed by atoms with Crippen molar-refractivity contribution >= 4 is 23.0 Å². The standard InChI is InChI=1S/C22H23N5.C4H4O4/c1-25-19(15-26-12-4-5-13-26)14-23-22(25)17-8-10-18(11-9-17)27-16-24-20-6-2-3-7-21(20)27;5-3(6)1-2-4(7)8/h2-3,6-11,14,16H,4-5,12-13,15H2,1H3;1-2H,(H,5,6)(H,7,8). The van der Waals surface area contributed by atoms with Gasteiger partial charge in [0.05, 0.1) is 22.9 Å². The third kappa shape index (κ3) is 5.82. The second-order valence-corrected chi connectivity index (χ2v) is 8.28. The summed E-state index contributed by atoms with van der Waals surface area (Å²) in [5.41, 5.74) is 5.65. The maximum atomic E-state index is 9.55. The van der Waals surface area contributed by atoms with Crippen molar-refractivity contribution in [2.75, 3.05) is 13.1 Å². The first-order valence-corrected chi connectivity index (χ1v) is 11.3. The Hall–Kier alpha value is -4.24. The van der Waals surface area contributed by atoms with Gasteiger partial charge in [-0.2, -0.15) is 0 Å². The highest BCUT2D eigenvalue weighted by Gasteiger charge is 2.16. The molecule has 2 aromatic carbocycles. The van der Waals surface area contributed by atoms with E-state index in [0.717, 1.165) is 34.7 Å². The lowest BCUT2D eigenvalue weighted by molar-refractivity contribution is -0.134. The van der Waals surface area contributed by atoms with Crippen LogP contribution < -0.4 is 0 Å². The van der Waals surface area contributed by atoms with Crippen LogP contribution in [0.25, 0.3) is 28.1 Å². The molecule has 0 aliphatic carbocycles. The van der Waals surface area contributed by atoms with E-state index in [9.17, 15) is 9.59 Å². The predicted molar refractivity (Wildman–Crippen MR) is 132 cm³/mol. The number of para-hydroxylation sites is 2. The summed E-state index contributed by atoms with van der Waals surface area (Å²) in [6, 6.07) is 16.8. The van der Waals surface area contributed by atoms with Crippen LogP contribution >= 0.6 is 0 Å². The molecule has 0 amide bonds. The number of rotatable bonds is 6. The normalized spacial score (nSPS) is 13.7. The fraction of sp³-hybridized carbons (Fsp3) is 0.231. The van der Waals surface area contributed by atoms with Gasteiger partial charge in [-0.25, -0.2) is 19.6 Å². The number of hydrogen-bond acceptors (Lipinski definition) is 5. The topological polar surface area (TPSA) is 113 Å². The van der Waals surface area contributed by atoms with Gasteiger partial charge in [-0.05, 0) is 62.3 Å². The summed E-state index contributed by atoms with van der Waals surface area (Å²) in [5, 5.41) is 15.6. The highest BCUT2D eigenvalue weighted by molar-refractivity contribution is 5.89. The molecule has 4 aromatic rings. The van der Waals surface area contributed by atoms with Crippen molar-refractivity contribution < 1.29 is 19.8 Å². The van der Waals surface area contributed by atoms with Crippen molar-refractivity contribution in [2.24, 2.45) is 7.05 Å². The molecular formula is C26H27N5O4. The Morgan fingerprint density at radius 2 is 1.60 bits per heavy atom. The lowest BCUT2D eigenvalue weighted by Crippen LogP contribution is -2.20. The van der Waals surface area contributed by atoms with Gasteiger partial charge in [0.15, 0.2) is 0 Å². The number of aromatic nitrogens is 4. The van der Waals surface area contributed by atoms with E-state index in [0.29, 0.717) is 12.2 Å². The Morgan fingerprint density at radius 1 is 0.943 bits per heavy atom. The van der Waals surface area contributed by atoms with E-state index in [1.807, 2.05) is 30.7 Å². The SMILES string of the molecule is Cn1c(CN2CCCC2)cnc1-c1ccc(-n2cnc3ccccc32)cc1.O=C(O)C=CC(=O)O. The van der Waals surface area contributed by atoms with E-state index in [2.05, 4.69) is 61.4 Å². The Labute approximate surface area is 202 Å². The molecule has 0 unspecified atom stereocenters. The van der Waals surface area contributed by atoms with Crippen LogP contribution in [0, 0.1) is 0 Å². The van der Waals surface area contributed by atoms with Gasteiger partial charge in [-0.15, -0.1) is 0 Å². The largest absolute Gasteiger partial charge is 0.478 e. The molecular weight excluding hydrogens is 446 g/mol. The molecule has 180 valence electrons. The zero-order valence-electron chi connectivity index (χ0n) is 19.4. The van der Waals surface area contributed by atoms with Crippen LogP contribution in [-0.4, -0.2) is 59.2 Å². The van der Waals surface area contributed by atoms with Crippen molar-refractivity contribution in [2.45, 2.75) is 19.4 Å². The van der Waals surface area contributed by atoms with Crippen LogP contribution in [0.3, 0.4) is 0 Å². The first-order chi connectivity index (χ1) is 16.9. The van der Waals surface area contributed by atoms with E-state index >= 15 is 0 Å². The number of hydrogen-bond donors (Lipinski definition) is 2. The van der Waals surface area contributed by atoms with Crippen molar-refractivity contribution in [3.05, 3.63) is 78.9 Å². The van der Waals surface area contributed by atoms with Crippen LogP contribution in [0.5, 0.6) is 0 Å². The molecule has 0 spiro atoms. The van der Waals surface area contributed by atoms with Gasteiger partial charge in [0.2, 0.25) is 0 Å². The molecule has 0 saturated carbocycles. The molecule has 2 N–H and O–H groups in total. The Morgan fingerprint density at radius 3 is 2.26 bits per heavy atom. The monoisotopic (exact) mass is 473 g/mol.